The number of rotatable bonds is 12. The smallest absolute Gasteiger partial charge is 0.294 e. The third kappa shape index (κ3) is 8.35. The van der Waals surface area contributed by atoms with Gasteiger partial charge in [0.2, 0.25) is 27.3 Å². The van der Waals surface area contributed by atoms with Crippen molar-refractivity contribution in [3.05, 3.63) is 54.6 Å². The van der Waals surface area contributed by atoms with E-state index in [1.54, 1.807) is 12.1 Å². The number of aliphatic hydroxyl groups excluding tert-OH is 1. The SMILES string of the molecule is O=C1NCC[C@H]1C[C@H](NC(=O)[C@H](CC1CCCCC1)NS(=O)(=O)c1ccc(-c2ccccc2)cc1)C(O)S(=O)(=O)O. The summed E-state index contributed by atoms with van der Waals surface area (Å²) in [5.74, 6) is -1.82. The monoisotopic (exact) mass is 607 g/mol. The molecule has 1 heterocycles. The lowest BCUT2D eigenvalue weighted by atomic mass is 9.85. The Kier molecular flexibility index (Phi) is 10.2. The fourth-order valence-corrected chi connectivity index (χ4v) is 7.39. The Hall–Kier alpha value is -2.84. The molecule has 41 heavy (non-hydrogen) atoms. The summed E-state index contributed by atoms with van der Waals surface area (Å²) in [6.07, 6.45) is 4.88. The van der Waals surface area contributed by atoms with Crippen molar-refractivity contribution in [3.63, 3.8) is 0 Å². The summed E-state index contributed by atoms with van der Waals surface area (Å²) in [6.45, 7) is 0.360. The quantitative estimate of drug-likeness (QED) is 0.228. The van der Waals surface area contributed by atoms with Crippen LogP contribution in [-0.4, -0.2) is 62.4 Å². The van der Waals surface area contributed by atoms with Crippen molar-refractivity contribution in [2.75, 3.05) is 6.54 Å². The van der Waals surface area contributed by atoms with Crippen molar-refractivity contribution in [1.82, 2.24) is 15.4 Å². The summed E-state index contributed by atoms with van der Waals surface area (Å²) in [7, 11) is -9.17. The van der Waals surface area contributed by atoms with Gasteiger partial charge in [-0.25, -0.2) is 8.42 Å². The van der Waals surface area contributed by atoms with Gasteiger partial charge in [-0.05, 0) is 48.4 Å². The van der Waals surface area contributed by atoms with Crippen molar-refractivity contribution in [2.24, 2.45) is 11.8 Å². The first kappa shape index (κ1) is 31.1. The molecule has 2 fully saturated rings. The van der Waals surface area contributed by atoms with E-state index in [-0.39, 0.29) is 29.6 Å². The Morgan fingerprint density at radius 2 is 1.54 bits per heavy atom. The fourth-order valence-electron chi connectivity index (χ4n) is 5.59. The van der Waals surface area contributed by atoms with Crippen molar-refractivity contribution in [2.45, 2.75) is 73.8 Å². The van der Waals surface area contributed by atoms with Gasteiger partial charge in [-0.3, -0.25) is 14.1 Å². The Bertz CT molecular complexity index is 1410. The second kappa shape index (κ2) is 13.4. The third-order valence-electron chi connectivity index (χ3n) is 7.86. The third-order valence-corrected chi connectivity index (χ3v) is 10.3. The molecule has 11 nitrogen and oxygen atoms in total. The minimum absolute atomic E-state index is 0.0456. The number of nitrogens with one attached hydrogen (secondary N) is 3. The number of benzene rings is 2. The van der Waals surface area contributed by atoms with Crippen LogP contribution in [0.3, 0.4) is 0 Å². The van der Waals surface area contributed by atoms with Crippen molar-refractivity contribution < 1.29 is 36.1 Å². The first-order valence-electron chi connectivity index (χ1n) is 13.8. The maximum Gasteiger partial charge on any atom is 0.294 e. The van der Waals surface area contributed by atoms with E-state index in [1.165, 1.54) is 12.1 Å². The molecule has 1 saturated carbocycles. The molecule has 4 atom stereocenters. The molecule has 0 aromatic heterocycles. The molecule has 224 valence electrons. The fraction of sp³-hybridized carbons (Fsp3) is 0.500. The Morgan fingerprint density at radius 3 is 2.12 bits per heavy atom. The molecule has 1 aliphatic carbocycles. The van der Waals surface area contributed by atoms with E-state index in [1.807, 2.05) is 30.3 Å². The molecular formula is C28H37N3O8S2. The van der Waals surface area contributed by atoms with Crippen LogP contribution in [0.4, 0.5) is 0 Å². The lowest BCUT2D eigenvalue weighted by molar-refractivity contribution is -0.126. The van der Waals surface area contributed by atoms with Crippen LogP contribution in [0, 0.1) is 11.8 Å². The molecule has 0 bridgehead atoms. The number of amides is 2. The molecule has 2 aromatic carbocycles. The molecular weight excluding hydrogens is 570 g/mol. The second-order valence-electron chi connectivity index (χ2n) is 10.8. The van der Waals surface area contributed by atoms with E-state index >= 15 is 0 Å². The summed E-state index contributed by atoms with van der Waals surface area (Å²) in [5, 5.41) is 15.4. The summed E-state index contributed by atoms with van der Waals surface area (Å²) < 4.78 is 62.4. The Morgan fingerprint density at radius 1 is 0.902 bits per heavy atom. The number of sulfonamides is 1. The lowest BCUT2D eigenvalue weighted by Crippen LogP contribution is -2.55. The molecule has 1 aliphatic heterocycles. The molecule has 1 saturated heterocycles. The largest absolute Gasteiger partial charge is 0.374 e. The van der Waals surface area contributed by atoms with Gasteiger partial charge in [-0.1, -0.05) is 74.6 Å². The number of aliphatic hydroxyl groups is 1. The lowest BCUT2D eigenvalue weighted by Gasteiger charge is -2.29. The van der Waals surface area contributed by atoms with Gasteiger partial charge in [-0.2, -0.15) is 13.1 Å². The molecule has 0 radical (unpaired) electrons. The first-order valence-corrected chi connectivity index (χ1v) is 16.8. The van der Waals surface area contributed by atoms with E-state index in [2.05, 4.69) is 15.4 Å². The second-order valence-corrected chi connectivity index (χ2v) is 14.1. The average molecular weight is 608 g/mol. The van der Waals surface area contributed by atoms with Crippen molar-refractivity contribution in [1.29, 1.82) is 0 Å². The number of hydrogen-bond donors (Lipinski definition) is 5. The van der Waals surface area contributed by atoms with Gasteiger partial charge >= 0.3 is 0 Å². The van der Waals surface area contributed by atoms with Crippen LogP contribution in [0.2, 0.25) is 0 Å². The van der Waals surface area contributed by atoms with Crippen molar-refractivity contribution >= 4 is 32.0 Å². The average Bonchev–Trinajstić information content (AvgIpc) is 3.36. The highest BCUT2D eigenvalue weighted by Gasteiger charge is 2.38. The van der Waals surface area contributed by atoms with Gasteiger partial charge in [0, 0.05) is 12.5 Å². The van der Waals surface area contributed by atoms with Gasteiger partial charge in [-0.15, -0.1) is 0 Å². The zero-order chi connectivity index (χ0) is 29.6. The topological polar surface area (TPSA) is 179 Å². The van der Waals surface area contributed by atoms with Gasteiger partial charge in [0.15, 0.2) is 0 Å². The summed E-state index contributed by atoms with van der Waals surface area (Å²) in [4.78, 5) is 25.6. The zero-order valence-electron chi connectivity index (χ0n) is 22.6. The van der Waals surface area contributed by atoms with Gasteiger partial charge in [0.1, 0.15) is 6.04 Å². The summed E-state index contributed by atoms with van der Waals surface area (Å²) >= 11 is 0. The van der Waals surface area contributed by atoms with Crippen LogP contribution in [0.25, 0.3) is 11.1 Å². The highest BCUT2D eigenvalue weighted by molar-refractivity contribution is 7.89. The van der Waals surface area contributed by atoms with Crippen LogP contribution in [0.1, 0.15) is 51.4 Å². The van der Waals surface area contributed by atoms with Crippen LogP contribution < -0.4 is 15.4 Å². The van der Waals surface area contributed by atoms with Crippen LogP contribution in [0.15, 0.2) is 59.5 Å². The molecule has 5 N–H and O–H groups in total. The van der Waals surface area contributed by atoms with Gasteiger partial charge < -0.3 is 15.7 Å². The number of hydrogen-bond acceptors (Lipinski definition) is 7. The minimum atomic E-state index is -4.99. The summed E-state index contributed by atoms with van der Waals surface area (Å²) in [6, 6.07) is 12.9. The maximum atomic E-state index is 13.5. The highest BCUT2D eigenvalue weighted by atomic mass is 32.2. The maximum absolute atomic E-state index is 13.5. The van der Waals surface area contributed by atoms with E-state index in [0.29, 0.717) is 13.0 Å². The van der Waals surface area contributed by atoms with E-state index in [4.69, 9.17) is 0 Å². The van der Waals surface area contributed by atoms with Crippen LogP contribution in [-0.2, 0) is 29.7 Å². The molecule has 2 aromatic rings. The predicted molar refractivity (Wildman–Crippen MR) is 152 cm³/mol. The Balaban J connectivity index is 1.56. The molecule has 0 spiro atoms. The molecule has 4 rings (SSSR count). The Labute approximate surface area is 240 Å². The molecule has 13 heteroatoms. The minimum Gasteiger partial charge on any atom is -0.374 e. The van der Waals surface area contributed by atoms with Gasteiger partial charge in [0.05, 0.1) is 10.9 Å². The predicted octanol–water partition coefficient (Wildman–Crippen LogP) is 2.19. The van der Waals surface area contributed by atoms with E-state index in [0.717, 1.165) is 43.2 Å². The van der Waals surface area contributed by atoms with Crippen molar-refractivity contribution in [3.8, 4) is 11.1 Å². The molecule has 1 unspecified atom stereocenters. The number of carbonyl (C=O) groups is 2. The number of carbonyl (C=O) groups excluding carboxylic acids is 2. The first-order chi connectivity index (χ1) is 19.4. The van der Waals surface area contributed by atoms with Gasteiger partial charge in [0.25, 0.3) is 10.1 Å². The molecule has 2 aliphatic rings. The van der Waals surface area contributed by atoms with Crippen LogP contribution >= 0.6 is 0 Å². The summed E-state index contributed by atoms with van der Waals surface area (Å²) in [5.41, 5.74) is -0.658. The normalized spacial score (nSPS) is 20.6. The standard InChI is InChI=1S/C28H37N3O8S2/c32-26-22(15-16-29-26)18-25(28(34)41(37,38)39)30-27(33)24(17-19-7-3-1-4-8-19)31-40(35,36)23-13-11-21(12-14-23)20-9-5-2-6-10-20/h2,5-6,9-14,19,22,24-25,28,31,34H,1,3-4,7-8,15-18H2,(H,29,32)(H,30,33)(H,37,38,39)/t22-,24-,25-,28?/m0/s1. The van der Waals surface area contributed by atoms with E-state index < -0.39 is 49.5 Å². The van der Waals surface area contributed by atoms with E-state index in [9.17, 15) is 36.1 Å². The van der Waals surface area contributed by atoms with Crippen LogP contribution in [0.5, 0.6) is 0 Å². The highest BCUT2D eigenvalue weighted by Crippen LogP contribution is 2.29. The molecule has 2 amide bonds. The zero-order valence-corrected chi connectivity index (χ0v) is 24.2.